The van der Waals surface area contributed by atoms with Crippen LogP contribution in [0.15, 0.2) is 23.2 Å². The molecule has 0 radical (unpaired) electrons. The third-order valence-electron chi connectivity index (χ3n) is 3.37. The zero-order chi connectivity index (χ0) is 13.7. The van der Waals surface area contributed by atoms with Crippen LogP contribution in [0.3, 0.4) is 0 Å². The molecule has 0 atom stereocenters. The average Bonchev–Trinajstić information content (AvgIpc) is 2.91. The Balaban J connectivity index is 0.00000200. The molecule has 0 spiro atoms. The largest absolute Gasteiger partial charge is 0.354 e. The van der Waals surface area contributed by atoms with Gasteiger partial charge in [-0.1, -0.05) is 12.8 Å². The average molecular weight is 395 g/mol. The summed E-state index contributed by atoms with van der Waals surface area (Å²) >= 11 is 0. The van der Waals surface area contributed by atoms with Crippen molar-refractivity contribution in [3.8, 4) is 0 Å². The number of benzene rings is 1. The number of hydrogen-bond acceptors (Lipinski definition) is 1. The van der Waals surface area contributed by atoms with Crippen molar-refractivity contribution in [3.05, 3.63) is 35.4 Å². The van der Waals surface area contributed by atoms with E-state index in [4.69, 9.17) is 0 Å². The lowest BCUT2D eigenvalue weighted by atomic mass is 10.2. The Hall–Kier alpha value is -0.920. The molecule has 1 aliphatic rings. The lowest BCUT2D eigenvalue weighted by Crippen LogP contribution is -2.42. The van der Waals surface area contributed by atoms with Crippen molar-refractivity contribution < 1.29 is 8.78 Å². The van der Waals surface area contributed by atoms with Gasteiger partial charge in [-0.25, -0.2) is 8.78 Å². The number of hydrogen-bond donors (Lipinski definition) is 2. The molecule has 1 aromatic rings. The SMILES string of the molecule is CN=C(NCc1cc(F)ccc1F)NC1CCCC1.I. The summed E-state index contributed by atoms with van der Waals surface area (Å²) in [6.45, 7) is 0.218. The summed E-state index contributed by atoms with van der Waals surface area (Å²) in [4.78, 5) is 4.10. The van der Waals surface area contributed by atoms with Crippen molar-refractivity contribution in [3.63, 3.8) is 0 Å². The minimum absolute atomic E-state index is 0. The zero-order valence-corrected chi connectivity index (χ0v) is 13.8. The highest BCUT2D eigenvalue weighted by Crippen LogP contribution is 2.17. The van der Waals surface area contributed by atoms with Gasteiger partial charge < -0.3 is 10.6 Å². The third kappa shape index (κ3) is 4.88. The highest BCUT2D eigenvalue weighted by molar-refractivity contribution is 14.0. The van der Waals surface area contributed by atoms with Gasteiger partial charge in [0.1, 0.15) is 11.6 Å². The first-order valence-corrected chi connectivity index (χ1v) is 6.60. The van der Waals surface area contributed by atoms with Gasteiger partial charge in [-0.2, -0.15) is 0 Å². The molecule has 1 aliphatic carbocycles. The standard InChI is InChI=1S/C14H19F2N3.HI/c1-17-14(19-12-4-2-3-5-12)18-9-10-8-11(15)6-7-13(10)16;/h6-8,12H,2-5,9H2,1H3,(H2,17,18,19);1H. The van der Waals surface area contributed by atoms with E-state index in [9.17, 15) is 8.78 Å². The van der Waals surface area contributed by atoms with E-state index in [0.29, 0.717) is 17.6 Å². The minimum atomic E-state index is -0.433. The fraction of sp³-hybridized carbons (Fsp3) is 0.500. The van der Waals surface area contributed by atoms with Crippen LogP contribution in [0.25, 0.3) is 0 Å². The van der Waals surface area contributed by atoms with Crippen molar-refractivity contribution in [1.29, 1.82) is 0 Å². The molecule has 1 fully saturated rings. The molecule has 112 valence electrons. The maximum absolute atomic E-state index is 13.5. The molecule has 20 heavy (non-hydrogen) atoms. The molecule has 0 aromatic heterocycles. The number of aliphatic imine (C=N–C) groups is 1. The molecule has 0 unspecified atom stereocenters. The molecular formula is C14H20F2IN3. The number of guanidine groups is 1. The van der Waals surface area contributed by atoms with E-state index >= 15 is 0 Å². The molecule has 6 heteroatoms. The van der Waals surface area contributed by atoms with Crippen molar-refractivity contribution in [1.82, 2.24) is 10.6 Å². The summed E-state index contributed by atoms with van der Waals surface area (Å²) in [6, 6.07) is 3.89. The van der Waals surface area contributed by atoms with E-state index in [1.54, 1.807) is 7.05 Å². The van der Waals surface area contributed by atoms with Gasteiger partial charge in [0, 0.05) is 25.2 Å². The van der Waals surface area contributed by atoms with Gasteiger partial charge in [0.25, 0.3) is 0 Å². The first-order valence-electron chi connectivity index (χ1n) is 6.60. The van der Waals surface area contributed by atoms with Crippen LogP contribution in [0, 0.1) is 11.6 Å². The summed E-state index contributed by atoms with van der Waals surface area (Å²) in [5.41, 5.74) is 0.300. The van der Waals surface area contributed by atoms with E-state index < -0.39 is 11.6 Å². The van der Waals surface area contributed by atoms with Gasteiger partial charge >= 0.3 is 0 Å². The summed E-state index contributed by atoms with van der Waals surface area (Å²) in [5, 5.41) is 6.31. The van der Waals surface area contributed by atoms with Crippen molar-refractivity contribution in [2.45, 2.75) is 38.3 Å². The Labute approximate surface area is 135 Å². The van der Waals surface area contributed by atoms with E-state index in [-0.39, 0.29) is 30.5 Å². The smallest absolute Gasteiger partial charge is 0.191 e. The van der Waals surface area contributed by atoms with Crippen LogP contribution in [0.4, 0.5) is 8.78 Å². The van der Waals surface area contributed by atoms with E-state index in [1.165, 1.54) is 18.9 Å². The first kappa shape index (κ1) is 17.1. The number of nitrogens with one attached hydrogen (secondary N) is 2. The molecule has 0 heterocycles. The maximum Gasteiger partial charge on any atom is 0.191 e. The lowest BCUT2D eigenvalue weighted by Gasteiger charge is -2.17. The van der Waals surface area contributed by atoms with E-state index in [1.807, 2.05) is 0 Å². The van der Waals surface area contributed by atoms with Crippen LogP contribution in [-0.2, 0) is 6.54 Å². The Morgan fingerprint density at radius 1 is 1.30 bits per heavy atom. The maximum atomic E-state index is 13.5. The fourth-order valence-electron chi connectivity index (χ4n) is 2.32. The predicted molar refractivity (Wildman–Crippen MR) is 87.4 cm³/mol. The molecule has 0 amide bonds. The van der Waals surface area contributed by atoms with Crippen LogP contribution in [0.1, 0.15) is 31.2 Å². The number of halogens is 3. The monoisotopic (exact) mass is 395 g/mol. The Morgan fingerprint density at radius 2 is 2.00 bits per heavy atom. The molecule has 2 N–H and O–H groups in total. The van der Waals surface area contributed by atoms with Crippen LogP contribution in [-0.4, -0.2) is 19.0 Å². The highest BCUT2D eigenvalue weighted by atomic mass is 127. The third-order valence-corrected chi connectivity index (χ3v) is 3.37. The lowest BCUT2D eigenvalue weighted by molar-refractivity contribution is 0.577. The summed E-state index contributed by atoms with van der Waals surface area (Å²) in [7, 11) is 1.67. The van der Waals surface area contributed by atoms with E-state index in [2.05, 4.69) is 15.6 Å². The van der Waals surface area contributed by atoms with Crippen LogP contribution in [0.5, 0.6) is 0 Å². The van der Waals surface area contributed by atoms with Crippen molar-refractivity contribution >= 4 is 29.9 Å². The number of rotatable bonds is 3. The quantitative estimate of drug-likeness (QED) is 0.469. The summed E-state index contributed by atoms with van der Waals surface area (Å²) < 4.78 is 26.5. The second-order valence-electron chi connectivity index (χ2n) is 4.79. The van der Waals surface area contributed by atoms with Gasteiger partial charge in [-0.3, -0.25) is 4.99 Å². The van der Waals surface area contributed by atoms with E-state index in [0.717, 1.165) is 25.0 Å². The fourth-order valence-corrected chi connectivity index (χ4v) is 2.32. The normalized spacial score (nSPS) is 15.8. The molecular weight excluding hydrogens is 375 g/mol. The van der Waals surface area contributed by atoms with Crippen molar-refractivity contribution in [2.24, 2.45) is 4.99 Å². The molecule has 1 aromatic carbocycles. The summed E-state index contributed by atoms with van der Waals surface area (Å²) in [6.07, 6.45) is 4.73. The molecule has 0 saturated heterocycles. The van der Waals surface area contributed by atoms with Gasteiger partial charge in [0.2, 0.25) is 0 Å². The van der Waals surface area contributed by atoms with Crippen molar-refractivity contribution in [2.75, 3.05) is 7.05 Å². The predicted octanol–water partition coefficient (Wildman–Crippen LogP) is 3.19. The van der Waals surface area contributed by atoms with Gasteiger partial charge in [-0.15, -0.1) is 24.0 Å². The first-order chi connectivity index (χ1) is 9.19. The number of nitrogens with zero attached hydrogens (tertiary/aromatic N) is 1. The minimum Gasteiger partial charge on any atom is -0.354 e. The van der Waals surface area contributed by atoms with Crippen LogP contribution in [0.2, 0.25) is 0 Å². The second-order valence-corrected chi connectivity index (χ2v) is 4.79. The van der Waals surface area contributed by atoms with Gasteiger partial charge in [0.05, 0.1) is 0 Å². The summed E-state index contributed by atoms with van der Waals surface area (Å²) in [5.74, 6) is -0.210. The molecule has 0 aliphatic heterocycles. The molecule has 1 saturated carbocycles. The zero-order valence-electron chi connectivity index (χ0n) is 11.5. The van der Waals surface area contributed by atoms with Gasteiger partial charge in [-0.05, 0) is 31.0 Å². The van der Waals surface area contributed by atoms with Crippen LogP contribution < -0.4 is 10.6 Å². The highest BCUT2D eigenvalue weighted by Gasteiger charge is 2.16. The Kier molecular flexibility index (Phi) is 7.18. The van der Waals surface area contributed by atoms with Crippen LogP contribution >= 0.6 is 24.0 Å². The Morgan fingerprint density at radius 3 is 2.65 bits per heavy atom. The molecule has 2 rings (SSSR count). The Bertz CT molecular complexity index is 460. The van der Waals surface area contributed by atoms with Gasteiger partial charge in [0.15, 0.2) is 5.96 Å². The molecule has 0 bridgehead atoms. The second kappa shape index (κ2) is 8.39. The topological polar surface area (TPSA) is 36.4 Å². The molecule has 3 nitrogen and oxygen atoms in total.